The third-order valence-corrected chi connectivity index (χ3v) is 6.77. The number of nitrogens with one attached hydrogen (secondary N) is 1. The lowest BCUT2D eigenvalue weighted by Crippen LogP contribution is -2.49. The summed E-state index contributed by atoms with van der Waals surface area (Å²) >= 11 is 0. The Morgan fingerprint density at radius 1 is 1.18 bits per heavy atom. The fourth-order valence-electron chi connectivity index (χ4n) is 3.97. The van der Waals surface area contributed by atoms with Crippen molar-refractivity contribution in [2.24, 2.45) is 0 Å². The largest absolute Gasteiger partial charge is 0.379 e. The van der Waals surface area contributed by atoms with Gasteiger partial charge in [0, 0.05) is 38.3 Å². The maximum atomic E-state index is 13.1. The highest BCUT2D eigenvalue weighted by Gasteiger charge is 2.32. The number of rotatable bonds is 10. The van der Waals surface area contributed by atoms with E-state index >= 15 is 0 Å². The molecular weight excluding hydrogens is 460 g/mol. The van der Waals surface area contributed by atoms with Crippen molar-refractivity contribution in [3.8, 4) is 0 Å². The van der Waals surface area contributed by atoms with Crippen LogP contribution in [0.4, 0.5) is 11.4 Å². The van der Waals surface area contributed by atoms with Crippen LogP contribution in [-0.2, 0) is 32.6 Å². The number of morpholine rings is 1. The Morgan fingerprint density at radius 3 is 2.50 bits per heavy atom. The highest BCUT2D eigenvalue weighted by atomic mass is 32.2. The third kappa shape index (κ3) is 6.75. The number of hydrogen-bond donors (Lipinski definition) is 1. The standard InChI is InChI=1S/C23H30N4O6S/c1-3-22(26(34(2,31)32)20-8-5-9-21(15-20)27(29)30)23(28)24-16-18-6-4-7-19(14-18)17-25-10-12-33-13-11-25/h4-9,14-15,22H,3,10-13,16-17H2,1-2H3,(H,24,28)/t22-/m0/s1. The van der Waals surface area contributed by atoms with Gasteiger partial charge in [-0.15, -0.1) is 0 Å². The number of non-ortho nitro benzene ring substituents is 1. The summed E-state index contributed by atoms with van der Waals surface area (Å²) in [5.41, 5.74) is 1.84. The predicted octanol–water partition coefficient (Wildman–Crippen LogP) is 2.29. The molecule has 0 saturated carbocycles. The van der Waals surface area contributed by atoms with Crippen molar-refractivity contribution in [3.05, 3.63) is 69.8 Å². The van der Waals surface area contributed by atoms with Gasteiger partial charge in [0.25, 0.3) is 5.69 Å². The van der Waals surface area contributed by atoms with Crippen molar-refractivity contribution in [1.29, 1.82) is 0 Å². The molecule has 10 nitrogen and oxygen atoms in total. The zero-order chi connectivity index (χ0) is 24.7. The van der Waals surface area contributed by atoms with Crippen molar-refractivity contribution < 1.29 is 22.9 Å². The molecule has 1 heterocycles. The summed E-state index contributed by atoms with van der Waals surface area (Å²) < 4.78 is 31.5. The fraction of sp³-hybridized carbons (Fsp3) is 0.435. The minimum absolute atomic E-state index is 0.0752. The van der Waals surface area contributed by atoms with Crippen molar-refractivity contribution in [2.75, 3.05) is 36.9 Å². The lowest BCUT2D eigenvalue weighted by molar-refractivity contribution is -0.384. The second kappa shape index (κ2) is 11.4. The van der Waals surface area contributed by atoms with Crippen molar-refractivity contribution in [1.82, 2.24) is 10.2 Å². The molecule has 0 aromatic heterocycles. The van der Waals surface area contributed by atoms with E-state index in [0.29, 0.717) is 0 Å². The minimum atomic E-state index is -3.89. The van der Waals surface area contributed by atoms with Gasteiger partial charge in [-0.25, -0.2) is 8.42 Å². The van der Waals surface area contributed by atoms with Gasteiger partial charge >= 0.3 is 0 Å². The molecule has 1 fully saturated rings. The van der Waals surface area contributed by atoms with Crippen molar-refractivity contribution >= 4 is 27.3 Å². The average molecular weight is 491 g/mol. The molecule has 1 atom stereocenters. The monoisotopic (exact) mass is 490 g/mol. The molecule has 11 heteroatoms. The molecule has 0 unspecified atom stereocenters. The second-order valence-electron chi connectivity index (χ2n) is 8.19. The number of sulfonamides is 1. The summed E-state index contributed by atoms with van der Waals surface area (Å²) in [6.07, 6.45) is 1.18. The average Bonchev–Trinajstić information content (AvgIpc) is 2.81. The molecule has 2 aromatic rings. The van der Waals surface area contributed by atoms with Crippen molar-refractivity contribution in [2.45, 2.75) is 32.5 Å². The van der Waals surface area contributed by atoms with Gasteiger partial charge in [0.05, 0.1) is 30.1 Å². The van der Waals surface area contributed by atoms with Crippen LogP contribution in [0.15, 0.2) is 48.5 Å². The Hall–Kier alpha value is -3.02. The maximum absolute atomic E-state index is 13.1. The predicted molar refractivity (Wildman–Crippen MR) is 129 cm³/mol. The summed E-state index contributed by atoms with van der Waals surface area (Å²) in [7, 11) is -3.89. The van der Waals surface area contributed by atoms with Gasteiger partial charge in [0.15, 0.2) is 0 Å². The van der Waals surface area contributed by atoms with Gasteiger partial charge in [-0.3, -0.25) is 24.1 Å². The fourth-order valence-corrected chi connectivity index (χ4v) is 5.17. The lowest BCUT2D eigenvalue weighted by atomic mass is 10.1. The van der Waals surface area contributed by atoms with E-state index in [9.17, 15) is 23.3 Å². The number of hydrogen-bond acceptors (Lipinski definition) is 7. The highest BCUT2D eigenvalue weighted by Crippen LogP contribution is 2.26. The Morgan fingerprint density at radius 2 is 1.85 bits per heavy atom. The molecule has 1 amide bonds. The molecule has 0 spiro atoms. The van der Waals surface area contributed by atoms with Gasteiger partial charge in [0.2, 0.25) is 15.9 Å². The number of nitro groups is 1. The van der Waals surface area contributed by atoms with Crippen LogP contribution in [0.5, 0.6) is 0 Å². The zero-order valence-electron chi connectivity index (χ0n) is 19.3. The quantitative estimate of drug-likeness (QED) is 0.400. The first-order valence-electron chi connectivity index (χ1n) is 11.1. The number of benzene rings is 2. The van der Waals surface area contributed by atoms with E-state index in [4.69, 9.17) is 4.74 Å². The highest BCUT2D eigenvalue weighted by molar-refractivity contribution is 7.92. The van der Waals surface area contributed by atoms with Crippen LogP contribution in [-0.4, -0.2) is 62.7 Å². The van der Waals surface area contributed by atoms with Crippen LogP contribution in [0, 0.1) is 10.1 Å². The molecule has 3 rings (SSSR count). The summed E-state index contributed by atoms with van der Waals surface area (Å²) in [6.45, 7) is 5.90. The van der Waals surface area contributed by atoms with E-state index in [1.54, 1.807) is 6.92 Å². The van der Waals surface area contributed by atoms with E-state index in [2.05, 4.69) is 10.2 Å². The number of carbonyl (C=O) groups is 1. The molecule has 1 saturated heterocycles. The maximum Gasteiger partial charge on any atom is 0.271 e. The van der Waals surface area contributed by atoms with E-state index in [-0.39, 0.29) is 24.3 Å². The molecule has 0 bridgehead atoms. The number of amides is 1. The Balaban J connectivity index is 1.73. The van der Waals surface area contributed by atoms with E-state index in [1.165, 1.54) is 18.2 Å². The number of anilines is 1. The van der Waals surface area contributed by atoms with Crippen molar-refractivity contribution in [3.63, 3.8) is 0 Å². The van der Waals surface area contributed by atoms with Crippen LogP contribution >= 0.6 is 0 Å². The second-order valence-corrected chi connectivity index (χ2v) is 10.0. The summed E-state index contributed by atoms with van der Waals surface area (Å²) in [4.78, 5) is 25.9. The van der Waals surface area contributed by atoms with E-state index in [0.717, 1.165) is 60.6 Å². The molecule has 2 aromatic carbocycles. The minimum Gasteiger partial charge on any atom is -0.379 e. The Labute approximate surface area is 199 Å². The van der Waals surface area contributed by atoms with Crippen LogP contribution in [0.3, 0.4) is 0 Å². The Bertz CT molecular complexity index is 1120. The number of carbonyl (C=O) groups excluding carboxylic acids is 1. The zero-order valence-corrected chi connectivity index (χ0v) is 20.2. The van der Waals surface area contributed by atoms with Crippen LogP contribution < -0.4 is 9.62 Å². The summed E-state index contributed by atoms with van der Waals surface area (Å²) in [5.74, 6) is -0.474. The smallest absolute Gasteiger partial charge is 0.271 e. The first kappa shape index (κ1) is 25.6. The van der Waals surface area contributed by atoms with E-state index in [1.807, 2.05) is 24.3 Å². The number of nitrogens with zero attached hydrogens (tertiary/aromatic N) is 3. The first-order chi connectivity index (χ1) is 16.2. The topological polar surface area (TPSA) is 122 Å². The van der Waals surface area contributed by atoms with E-state index < -0.39 is 26.9 Å². The molecular formula is C23H30N4O6S. The molecule has 34 heavy (non-hydrogen) atoms. The molecule has 1 aliphatic heterocycles. The van der Waals surface area contributed by atoms with Gasteiger partial charge in [-0.05, 0) is 23.6 Å². The third-order valence-electron chi connectivity index (χ3n) is 5.59. The molecule has 0 radical (unpaired) electrons. The summed E-state index contributed by atoms with van der Waals surface area (Å²) in [6, 6.07) is 12.1. The van der Waals surface area contributed by atoms with Crippen LogP contribution in [0.2, 0.25) is 0 Å². The normalized spacial score (nSPS) is 15.5. The molecule has 1 N–H and O–H groups in total. The van der Waals surface area contributed by atoms with Gasteiger partial charge in [-0.2, -0.15) is 0 Å². The SMILES string of the molecule is CC[C@@H](C(=O)NCc1cccc(CN2CCOCC2)c1)N(c1cccc([N+](=O)[O-])c1)S(C)(=O)=O. The summed E-state index contributed by atoms with van der Waals surface area (Å²) in [5, 5.41) is 14.0. The molecule has 1 aliphatic rings. The van der Waals surface area contributed by atoms with Gasteiger partial charge < -0.3 is 10.1 Å². The van der Waals surface area contributed by atoms with Gasteiger partial charge in [0.1, 0.15) is 6.04 Å². The van der Waals surface area contributed by atoms with Gasteiger partial charge in [-0.1, -0.05) is 37.3 Å². The first-order valence-corrected chi connectivity index (χ1v) is 12.9. The lowest BCUT2D eigenvalue weighted by Gasteiger charge is -2.30. The van der Waals surface area contributed by atoms with Crippen LogP contribution in [0.25, 0.3) is 0 Å². The molecule has 184 valence electrons. The molecule has 0 aliphatic carbocycles. The van der Waals surface area contributed by atoms with Crippen LogP contribution in [0.1, 0.15) is 24.5 Å². The Kier molecular flexibility index (Phi) is 8.59. The number of ether oxygens (including phenoxy) is 1. The number of nitro benzene ring substituents is 1.